The van der Waals surface area contributed by atoms with Crippen LogP contribution in [0.2, 0.25) is 0 Å². The molecule has 5 nitrogen and oxygen atoms in total. The van der Waals surface area contributed by atoms with E-state index in [0.29, 0.717) is 11.3 Å². The predicted molar refractivity (Wildman–Crippen MR) is 95.5 cm³/mol. The Morgan fingerprint density at radius 1 is 1.30 bits per heavy atom. The molecule has 2 rings (SSSR count). The molecule has 1 aromatic carbocycles. The van der Waals surface area contributed by atoms with Crippen LogP contribution in [0.1, 0.15) is 36.0 Å². The van der Waals surface area contributed by atoms with Crippen molar-refractivity contribution < 1.29 is 14.3 Å². The minimum Gasteiger partial charge on any atom is -0.496 e. The van der Waals surface area contributed by atoms with Gasteiger partial charge < -0.3 is 15.4 Å². The van der Waals surface area contributed by atoms with E-state index in [4.69, 9.17) is 4.74 Å². The molecule has 1 aliphatic heterocycles. The zero-order chi connectivity index (χ0) is 15.9. The maximum absolute atomic E-state index is 12.3. The molecule has 7 heteroatoms. The van der Waals surface area contributed by atoms with Gasteiger partial charge in [-0.15, -0.1) is 12.4 Å². The summed E-state index contributed by atoms with van der Waals surface area (Å²) in [5.41, 5.74) is 0.506. The number of amides is 1. The number of piperidine rings is 1. The molecule has 0 aliphatic carbocycles. The lowest BCUT2D eigenvalue weighted by Crippen LogP contribution is -2.42. The summed E-state index contributed by atoms with van der Waals surface area (Å²) in [6.45, 7) is 1.86. The summed E-state index contributed by atoms with van der Waals surface area (Å²) in [5, 5.41) is 6.25. The molecule has 23 heavy (non-hydrogen) atoms. The number of ether oxygens (including phenoxy) is 1. The summed E-state index contributed by atoms with van der Waals surface area (Å²) in [4.78, 5) is 24.2. The first kappa shape index (κ1) is 19.9. The Labute approximate surface area is 151 Å². The van der Waals surface area contributed by atoms with Crippen LogP contribution >= 0.6 is 28.3 Å². The predicted octanol–water partition coefficient (Wildman–Crippen LogP) is 2.71. The number of rotatable bonds is 6. The topological polar surface area (TPSA) is 67.4 Å². The number of ketones is 1. The summed E-state index contributed by atoms with van der Waals surface area (Å²) in [6.07, 6.45) is 2.28. The third-order valence-electron chi connectivity index (χ3n) is 3.75. The largest absolute Gasteiger partial charge is 0.496 e. The lowest BCUT2D eigenvalue weighted by molar-refractivity contribution is -0.121. The van der Waals surface area contributed by atoms with Gasteiger partial charge >= 0.3 is 0 Å². The van der Waals surface area contributed by atoms with Gasteiger partial charge in [-0.3, -0.25) is 9.59 Å². The third kappa shape index (κ3) is 6.12. The van der Waals surface area contributed by atoms with Gasteiger partial charge in [-0.2, -0.15) is 0 Å². The van der Waals surface area contributed by atoms with Gasteiger partial charge in [-0.1, -0.05) is 15.9 Å². The van der Waals surface area contributed by atoms with E-state index in [2.05, 4.69) is 26.6 Å². The lowest BCUT2D eigenvalue weighted by atomic mass is 10.0. The highest BCUT2D eigenvalue weighted by atomic mass is 79.9. The highest BCUT2D eigenvalue weighted by Gasteiger charge is 2.18. The fourth-order valence-corrected chi connectivity index (χ4v) is 2.89. The van der Waals surface area contributed by atoms with Crippen molar-refractivity contribution in [1.82, 2.24) is 10.6 Å². The first-order valence-corrected chi connectivity index (χ1v) is 8.26. The molecule has 1 fully saturated rings. The van der Waals surface area contributed by atoms with Crippen molar-refractivity contribution in [3.05, 3.63) is 28.2 Å². The van der Waals surface area contributed by atoms with Crippen molar-refractivity contribution >= 4 is 40.0 Å². The van der Waals surface area contributed by atoms with Crippen LogP contribution in [0.25, 0.3) is 0 Å². The Kier molecular flexibility index (Phi) is 8.58. The summed E-state index contributed by atoms with van der Waals surface area (Å²) in [7, 11) is 1.53. The number of hydrogen-bond donors (Lipinski definition) is 2. The van der Waals surface area contributed by atoms with Gasteiger partial charge in [0, 0.05) is 23.4 Å². The molecule has 0 saturated carbocycles. The molecular formula is C16H22BrClN2O3. The zero-order valence-electron chi connectivity index (χ0n) is 13.1. The molecule has 0 bridgehead atoms. The minimum absolute atomic E-state index is 0. The summed E-state index contributed by atoms with van der Waals surface area (Å²) in [5.74, 6) is 0.389. The van der Waals surface area contributed by atoms with E-state index in [1.54, 1.807) is 12.1 Å². The van der Waals surface area contributed by atoms with Crippen LogP contribution in [0.15, 0.2) is 22.7 Å². The molecule has 0 unspecified atom stereocenters. The second kappa shape index (κ2) is 9.90. The van der Waals surface area contributed by atoms with Gasteiger partial charge in [0.15, 0.2) is 5.78 Å². The molecule has 0 spiro atoms. The second-order valence-corrected chi connectivity index (χ2v) is 6.28. The van der Waals surface area contributed by atoms with Gasteiger partial charge in [0.05, 0.1) is 12.7 Å². The molecule has 128 valence electrons. The Morgan fingerprint density at radius 3 is 2.65 bits per heavy atom. The number of carbonyl (C=O) groups excluding carboxylic acids is 2. The van der Waals surface area contributed by atoms with Crippen molar-refractivity contribution in [2.75, 3.05) is 20.2 Å². The Bertz CT molecular complexity index is 548. The summed E-state index contributed by atoms with van der Waals surface area (Å²) < 4.78 is 6.02. The van der Waals surface area contributed by atoms with Gasteiger partial charge in [0.25, 0.3) is 0 Å². The van der Waals surface area contributed by atoms with Gasteiger partial charge in [-0.25, -0.2) is 0 Å². The smallest absolute Gasteiger partial charge is 0.220 e. The SMILES string of the molecule is COc1ccc(Br)cc1C(=O)CCC(=O)NC1CCNCC1.Cl. The van der Waals surface area contributed by atoms with Crippen LogP contribution in [0.5, 0.6) is 5.75 Å². The molecule has 2 N–H and O–H groups in total. The Morgan fingerprint density at radius 2 is 2.00 bits per heavy atom. The normalized spacial score (nSPS) is 14.7. The molecule has 1 aliphatic rings. The second-order valence-electron chi connectivity index (χ2n) is 5.36. The quantitative estimate of drug-likeness (QED) is 0.714. The van der Waals surface area contributed by atoms with E-state index in [1.165, 1.54) is 7.11 Å². The van der Waals surface area contributed by atoms with E-state index in [1.807, 2.05) is 6.07 Å². The molecule has 1 heterocycles. The fourth-order valence-electron chi connectivity index (χ4n) is 2.53. The zero-order valence-corrected chi connectivity index (χ0v) is 15.5. The molecule has 1 amide bonds. The molecule has 0 aromatic heterocycles. The third-order valence-corrected chi connectivity index (χ3v) is 4.24. The van der Waals surface area contributed by atoms with Crippen LogP contribution in [0.3, 0.4) is 0 Å². The van der Waals surface area contributed by atoms with Crippen LogP contribution in [-0.4, -0.2) is 37.9 Å². The van der Waals surface area contributed by atoms with Crippen molar-refractivity contribution in [2.24, 2.45) is 0 Å². The number of methoxy groups -OCH3 is 1. The fraction of sp³-hybridized carbons (Fsp3) is 0.500. The monoisotopic (exact) mass is 404 g/mol. The average molecular weight is 406 g/mol. The maximum Gasteiger partial charge on any atom is 0.220 e. The van der Waals surface area contributed by atoms with Gasteiger partial charge in [0.2, 0.25) is 5.91 Å². The Balaban J connectivity index is 0.00000264. The maximum atomic E-state index is 12.3. The first-order valence-electron chi connectivity index (χ1n) is 7.47. The molecular weight excluding hydrogens is 384 g/mol. The van der Waals surface area contributed by atoms with Crippen LogP contribution < -0.4 is 15.4 Å². The van der Waals surface area contributed by atoms with Gasteiger partial charge in [0.1, 0.15) is 5.75 Å². The van der Waals surface area contributed by atoms with Crippen LogP contribution in [0.4, 0.5) is 0 Å². The van der Waals surface area contributed by atoms with Crippen molar-refractivity contribution in [2.45, 2.75) is 31.7 Å². The van der Waals surface area contributed by atoms with Crippen LogP contribution in [-0.2, 0) is 4.79 Å². The van der Waals surface area contributed by atoms with E-state index in [-0.39, 0.29) is 43.0 Å². The number of carbonyl (C=O) groups is 2. The van der Waals surface area contributed by atoms with Crippen molar-refractivity contribution in [3.8, 4) is 5.75 Å². The highest BCUT2D eigenvalue weighted by Crippen LogP contribution is 2.24. The summed E-state index contributed by atoms with van der Waals surface area (Å²) in [6, 6.07) is 5.52. The van der Waals surface area contributed by atoms with E-state index < -0.39 is 0 Å². The van der Waals surface area contributed by atoms with E-state index >= 15 is 0 Å². The lowest BCUT2D eigenvalue weighted by Gasteiger charge is -2.23. The van der Waals surface area contributed by atoms with Gasteiger partial charge in [-0.05, 0) is 44.1 Å². The van der Waals surface area contributed by atoms with E-state index in [9.17, 15) is 9.59 Å². The molecule has 1 saturated heterocycles. The molecule has 0 radical (unpaired) electrons. The highest BCUT2D eigenvalue weighted by molar-refractivity contribution is 9.10. The number of halogens is 2. The number of nitrogens with one attached hydrogen (secondary N) is 2. The summed E-state index contributed by atoms with van der Waals surface area (Å²) >= 11 is 3.35. The minimum atomic E-state index is -0.0846. The number of benzene rings is 1. The van der Waals surface area contributed by atoms with Crippen molar-refractivity contribution in [1.29, 1.82) is 0 Å². The average Bonchev–Trinajstić information content (AvgIpc) is 2.53. The Hall–Kier alpha value is -1.11. The van der Waals surface area contributed by atoms with Crippen molar-refractivity contribution in [3.63, 3.8) is 0 Å². The molecule has 1 aromatic rings. The standard InChI is InChI=1S/C16H21BrN2O3.ClH/c1-22-15-4-2-11(17)10-13(15)14(20)3-5-16(21)19-12-6-8-18-9-7-12;/h2,4,10,12,18H,3,5-9H2,1H3,(H,19,21);1H. The number of hydrogen-bond acceptors (Lipinski definition) is 4. The number of Topliss-reactive ketones (excluding diaryl/α,β-unsaturated/α-hetero) is 1. The van der Waals surface area contributed by atoms with E-state index in [0.717, 1.165) is 30.4 Å². The van der Waals surface area contributed by atoms with Crippen LogP contribution in [0, 0.1) is 0 Å². The first-order chi connectivity index (χ1) is 10.6. The molecule has 0 atom stereocenters.